The van der Waals surface area contributed by atoms with Crippen LogP contribution in [0, 0.1) is 0 Å². The molecular formula is C23H22Br2N2O4. The van der Waals surface area contributed by atoms with Crippen LogP contribution in [0.2, 0.25) is 0 Å². The summed E-state index contributed by atoms with van der Waals surface area (Å²) in [5.74, 6) is -1.41. The zero-order valence-corrected chi connectivity index (χ0v) is 19.9. The molecule has 31 heavy (non-hydrogen) atoms. The Morgan fingerprint density at radius 1 is 1.00 bits per heavy atom. The van der Waals surface area contributed by atoms with Crippen molar-refractivity contribution in [2.45, 2.75) is 6.04 Å². The van der Waals surface area contributed by atoms with Gasteiger partial charge in [-0.25, -0.2) is 0 Å². The van der Waals surface area contributed by atoms with Crippen LogP contribution in [-0.4, -0.2) is 66.0 Å². The highest BCUT2D eigenvalue weighted by molar-refractivity contribution is 9.10. The van der Waals surface area contributed by atoms with Crippen LogP contribution in [0.5, 0.6) is 0 Å². The van der Waals surface area contributed by atoms with Crippen LogP contribution in [0.15, 0.2) is 63.0 Å². The summed E-state index contributed by atoms with van der Waals surface area (Å²) in [6, 6.07) is 13.9. The van der Waals surface area contributed by atoms with Crippen LogP contribution in [0.25, 0.3) is 5.76 Å². The molecule has 8 heteroatoms. The third kappa shape index (κ3) is 4.77. The lowest BCUT2D eigenvalue weighted by Gasteiger charge is -2.31. The summed E-state index contributed by atoms with van der Waals surface area (Å²) in [7, 11) is 0. The largest absolute Gasteiger partial charge is 0.507 e. The molecular weight excluding hydrogens is 528 g/mol. The fourth-order valence-corrected chi connectivity index (χ4v) is 4.65. The van der Waals surface area contributed by atoms with Crippen LogP contribution in [0.1, 0.15) is 17.2 Å². The SMILES string of the molecule is O=C1C(=O)N(CCN2CCOCC2)C(c2cccc(Br)c2)/C1=C(/O)c1ccc(Br)cc1. The number of aliphatic hydroxyl groups excluding tert-OH is 1. The number of ketones is 1. The number of likely N-dealkylation sites (tertiary alicyclic amines) is 1. The number of carbonyl (C=O) groups is 2. The van der Waals surface area contributed by atoms with Gasteiger partial charge in [-0.1, -0.05) is 56.1 Å². The molecule has 1 atom stereocenters. The van der Waals surface area contributed by atoms with Crippen molar-refractivity contribution in [3.8, 4) is 0 Å². The molecule has 4 rings (SSSR count). The summed E-state index contributed by atoms with van der Waals surface area (Å²) in [6.45, 7) is 3.95. The lowest BCUT2D eigenvalue weighted by molar-refractivity contribution is -0.140. The van der Waals surface area contributed by atoms with E-state index in [9.17, 15) is 14.7 Å². The molecule has 0 bridgehead atoms. The van der Waals surface area contributed by atoms with Gasteiger partial charge in [-0.15, -0.1) is 0 Å². The second-order valence-corrected chi connectivity index (χ2v) is 9.34. The van der Waals surface area contributed by atoms with E-state index in [1.54, 1.807) is 29.2 Å². The molecule has 2 aliphatic rings. The van der Waals surface area contributed by atoms with E-state index in [1.807, 2.05) is 24.3 Å². The minimum Gasteiger partial charge on any atom is -0.507 e. The minimum absolute atomic E-state index is 0.118. The van der Waals surface area contributed by atoms with E-state index < -0.39 is 17.7 Å². The number of Topliss-reactive ketones (excluding diaryl/α,β-unsaturated/α-hetero) is 1. The summed E-state index contributed by atoms with van der Waals surface area (Å²) >= 11 is 6.85. The van der Waals surface area contributed by atoms with Crippen molar-refractivity contribution in [1.82, 2.24) is 9.80 Å². The minimum atomic E-state index is -0.660. The first-order valence-corrected chi connectivity index (χ1v) is 11.6. The predicted molar refractivity (Wildman–Crippen MR) is 125 cm³/mol. The molecule has 2 aromatic carbocycles. The normalized spacial score (nSPS) is 21.6. The maximum Gasteiger partial charge on any atom is 0.295 e. The second kappa shape index (κ2) is 9.65. The maximum absolute atomic E-state index is 13.1. The highest BCUT2D eigenvalue weighted by Crippen LogP contribution is 2.40. The molecule has 1 N–H and O–H groups in total. The number of aliphatic hydroxyl groups is 1. The molecule has 0 radical (unpaired) electrons. The van der Waals surface area contributed by atoms with Gasteiger partial charge in [0.25, 0.3) is 11.7 Å². The van der Waals surface area contributed by atoms with Crippen molar-refractivity contribution in [2.75, 3.05) is 39.4 Å². The van der Waals surface area contributed by atoms with E-state index in [4.69, 9.17) is 4.74 Å². The van der Waals surface area contributed by atoms with Crippen LogP contribution < -0.4 is 0 Å². The summed E-state index contributed by atoms with van der Waals surface area (Å²) in [5, 5.41) is 11.1. The Bertz CT molecular complexity index is 1020. The van der Waals surface area contributed by atoms with Crippen molar-refractivity contribution in [2.24, 2.45) is 0 Å². The number of hydrogen-bond donors (Lipinski definition) is 1. The number of amides is 1. The molecule has 0 aromatic heterocycles. The van der Waals surface area contributed by atoms with Gasteiger partial charge in [0.1, 0.15) is 5.76 Å². The molecule has 1 unspecified atom stereocenters. The van der Waals surface area contributed by atoms with Crippen LogP contribution in [-0.2, 0) is 14.3 Å². The van der Waals surface area contributed by atoms with E-state index in [-0.39, 0.29) is 11.3 Å². The van der Waals surface area contributed by atoms with E-state index in [2.05, 4.69) is 36.8 Å². The summed E-state index contributed by atoms with van der Waals surface area (Å²) < 4.78 is 7.09. The first-order chi connectivity index (χ1) is 15.0. The van der Waals surface area contributed by atoms with E-state index in [0.717, 1.165) is 27.6 Å². The number of rotatable bonds is 5. The third-order valence-electron chi connectivity index (χ3n) is 5.58. The number of halogens is 2. The fraction of sp³-hybridized carbons (Fsp3) is 0.304. The molecule has 1 amide bonds. The Kier molecular flexibility index (Phi) is 6.91. The molecule has 2 fully saturated rings. The number of ether oxygens (including phenoxy) is 1. The molecule has 6 nitrogen and oxygen atoms in total. The van der Waals surface area contributed by atoms with Crippen molar-refractivity contribution < 1.29 is 19.4 Å². The highest BCUT2D eigenvalue weighted by Gasteiger charge is 2.46. The van der Waals surface area contributed by atoms with Crippen molar-refractivity contribution in [3.05, 3.63) is 74.2 Å². The van der Waals surface area contributed by atoms with Crippen LogP contribution >= 0.6 is 31.9 Å². The molecule has 0 aliphatic carbocycles. The summed E-state index contributed by atoms with van der Waals surface area (Å²) in [5.41, 5.74) is 1.39. The Morgan fingerprint density at radius 2 is 1.71 bits per heavy atom. The molecule has 2 aliphatic heterocycles. The molecule has 2 saturated heterocycles. The van der Waals surface area contributed by atoms with Gasteiger partial charge >= 0.3 is 0 Å². The monoisotopic (exact) mass is 548 g/mol. The lowest BCUT2D eigenvalue weighted by atomic mass is 9.95. The van der Waals surface area contributed by atoms with E-state index >= 15 is 0 Å². The highest BCUT2D eigenvalue weighted by atomic mass is 79.9. The average Bonchev–Trinajstić information content (AvgIpc) is 3.03. The van der Waals surface area contributed by atoms with Gasteiger partial charge in [-0.2, -0.15) is 0 Å². The fourth-order valence-electron chi connectivity index (χ4n) is 3.97. The Balaban J connectivity index is 1.73. The van der Waals surface area contributed by atoms with Gasteiger partial charge in [0, 0.05) is 40.7 Å². The molecule has 0 spiro atoms. The molecule has 162 valence electrons. The van der Waals surface area contributed by atoms with Gasteiger partial charge in [0.05, 0.1) is 24.8 Å². The van der Waals surface area contributed by atoms with E-state index in [1.165, 1.54) is 0 Å². The summed E-state index contributed by atoms with van der Waals surface area (Å²) in [6.07, 6.45) is 0. The van der Waals surface area contributed by atoms with Crippen molar-refractivity contribution in [1.29, 1.82) is 0 Å². The first kappa shape index (κ1) is 22.2. The second-order valence-electron chi connectivity index (χ2n) is 7.51. The summed E-state index contributed by atoms with van der Waals surface area (Å²) in [4.78, 5) is 29.9. The number of morpholine rings is 1. The zero-order chi connectivity index (χ0) is 22.0. The van der Waals surface area contributed by atoms with Gasteiger partial charge in [-0.05, 0) is 29.8 Å². The number of carbonyl (C=O) groups excluding carboxylic acids is 2. The average molecular weight is 550 g/mol. The number of nitrogens with zero attached hydrogens (tertiary/aromatic N) is 2. The Labute approximate surface area is 197 Å². The maximum atomic E-state index is 13.1. The Hall–Kier alpha value is -2.00. The number of benzene rings is 2. The van der Waals surface area contributed by atoms with Crippen molar-refractivity contribution in [3.63, 3.8) is 0 Å². The topological polar surface area (TPSA) is 70.1 Å². The van der Waals surface area contributed by atoms with Crippen LogP contribution in [0.4, 0.5) is 0 Å². The Morgan fingerprint density at radius 3 is 2.39 bits per heavy atom. The van der Waals surface area contributed by atoms with Gasteiger partial charge in [-0.3, -0.25) is 14.5 Å². The first-order valence-electron chi connectivity index (χ1n) is 10.1. The van der Waals surface area contributed by atoms with Gasteiger partial charge in [0.15, 0.2) is 0 Å². The molecule has 0 saturated carbocycles. The standard InChI is InChI=1S/C23H22Br2N2O4/c24-17-6-4-15(5-7-17)21(28)19-20(16-2-1-3-18(25)14-16)27(23(30)22(19)29)9-8-26-10-12-31-13-11-26/h1-7,14,20,28H,8-13H2/b21-19-. The predicted octanol–water partition coefficient (Wildman–Crippen LogP) is 3.97. The quantitative estimate of drug-likeness (QED) is 0.347. The molecule has 2 aromatic rings. The van der Waals surface area contributed by atoms with Gasteiger partial charge in [0.2, 0.25) is 0 Å². The number of hydrogen-bond acceptors (Lipinski definition) is 5. The zero-order valence-electron chi connectivity index (χ0n) is 16.8. The van der Waals surface area contributed by atoms with Crippen LogP contribution in [0.3, 0.4) is 0 Å². The van der Waals surface area contributed by atoms with E-state index in [0.29, 0.717) is 31.9 Å². The smallest absolute Gasteiger partial charge is 0.295 e. The van der Waals surface area contributed by atoms with Crippen molar-refractivity contribution >= 4 is 49.3 Å². The lowest BCUT2D eigenvalue weighted by Crippen LogP contribution is -2.42. The third-order valence-corrected chi connectivity index (χ3v) is 6.60. The van der Waals surface area contributed by atoms with Gasteiger partial charge < -0.3 is 14.7 Å². The molecule has 2 heterocycles.